The molecule has 2 aliphatic rings. The number of thiocarbonyl (C=S) groups is 1. The molecule has 2 N–H and O–H groups in total. The summed E-state index contributed by atoms with van der Waals surface area (Å²) in [6.45, 7) is 0. The number of carbonyl (C=O) groups is 3. The minimum Gasteiger partial charge on any atom is -0.595 e. The number of ether oxygens (including phenoxy) is 1. The molecule has 0 aliphatic carbocycles. The van der Waals surface area contributed by atoms with Crippen LogP contribution in [-0.4, -0.2) is 32.1 Å². The number of fused-ring (bicyclic) bond motifs is 1. The van der Waals surface area contributed by atoms with Gasteiger partial charge in [0.05, 0.1) is 10.5 Å². The minimum absolute atomic E-state index is 0.124. The fourth-order valence-electron chi connectivity index (χ4n) is 2.84. The molecule has 0 spiro atoms. The number of rotatable bonds is 3. The van der Waals surface area contributed by atoms with Gasteiger partial charge in [0.1, 0.15) is 11.3 Å². The number of hydrogen-bond donors (Lipinski definition) is 2. The Balaban J connectivity index is 1.62. The van der Waals surface area contributed by atoms with Crippen LogP contribution in [0, 0.1) is 5.21 Å². The normalized spacial score (nSPS) is 20.0. The lowest BCUT2D eigenvalue weighted by atomic mass is 10.0. The maximum atomic E-state index is 12.8. The Kier molecular flexibility index (Phi) is 5.33. The number of Topliss-reactive ketones (excluding diaryl/α,β-unsaturated/α-hetero) is 1. The SMILES string of the molecule is O=C1Oc2ccccc2C(=O)/C1=C\N1C(=O)/C(=C\c2ccc([NH+]([O-])O)cc2)SC1=S. The summed E-state index contributed by atoms with van der Waals surface area (Å²) in [5, 5.41) is 18.9. The van der Waals surface area contributed by atoms with Crippen LogP contribution in [0.3, 0.4) is 0 Å². The van der Waals surface area contributed by atoms with Crippen molar-refractivity contribution in [2.24, 2.45) is 0 Å². The lowest BCUT2D eigenvalue weighted by Crippen LogP contribution is -2.99. The maximum Gasteiger partial charge on any atom is 0.349 e. The van der Waals surface area contributed by atoms with E-state index in [-0.39, 0.29) is 31.8 Å². The van der Waals surface area contributed by atoms with Crippen LogP contribution in [0.25, 0.3) is 6.08 Å². The number of carbonyl (C=O) groups excluding carboxylic acids is 3. The molecule has 150 valence electrons. The summed E-state index contributed by atoms with van der Waals surface area (Å²) in [5.41, 5.74) is 0.661. The minimum atomic E-state index is -1.05. The zero-order valence-corrected chi connectivity index (χ0v) is 16.7. The lowest BCUT2D eigenvalue weighted by Gasteiger charge is -2.18. The van der Waals surface area contributed by atoms with Gasteiger partial charge in [-0.15, -0.1) is 0 Å². The molecule has 2 aromatic carbocycles. The van der Waals surface area contributed by atoms with E-state index in [4.69, 9.17) is 22.2 Å². The highest BCUT2D eigenvalue weighted by molar-refractivity contribution is 8.26. The van der Waals surface area contributed by atoms with Gasteiger partial charge in [-0.05, 0) is 35.9 Å². The van der Waals surface area contributed by atoms with Gasteiger partial charge in [-0.3, -0.25) is 14.5 Å². The van der Waals surface area contributed by atoms with Crippen molar-refractivity contribution >= 4 is 57.7 Å². The predicted octanol–water partition coefficient (Wildman–Crippen LogP) is 1.98. The first-order valence-electron chi connectivity index (χ1n) is 8.53. The molecule has 0 aromatic heterocycles. The Morgan fingerprint density at radius 1 is 1.10 bits per heavy atom. The van der Waals surface area contributed by atoms with Gasteiger partial charge in [0.25, 0.3) is 5.91 Å². The van der Waals surface area contributed by atoms with Gasteiger partial charge in [-0.25, -0.2) is 10.0 Å². The van der Waals surface area contributed by atoms with E-state index in [9.17, 15) is 19.6 Å². The molecular formula is C20H12N2O6S2. The molecule has 0 bridgehead atoms. The van der Waals surface area contributed by atoms with E-state index < -0.39 is 22.9 Å². The summed E-state index contributed by atoms with van der Waals surface area (Å²) in [7, 11) is 0. The molecule has 8 nitrogen and oxygen atoms in total. The molecule has 1 unspecified atom stereocenters. The molecule has 30 heavy (non-hydrogen) atoms. The molecule has 1 fully saturated rings. The molecular weight excluding hydrogens is 428 g/mol. The fourth-order valence-corrected chi connectivity index (χ4v) is 4.05. The van der Waals surface area contributed by atoms with Gasteiger partial charge in [0, 0.05) is 18.3 Å². The summed E-state index contributed by atoms with van der Waals surface area (Å²) in [6.07, 6.45) is 2.66. The first-order chi connectivity index (χ1) is 14.3. The average molecular weight is 440 g/mol. The van der Waals surface area contributed by atoms with E-state index in [0.717, 1.165) is 22.9 Å². The van der Waals surface area contributed by atoms with E-state index in [2.05, 4.69) is 0 Å². The lowest BCUT2D eigenvalue weighted by molar-refractivity contribution is -0.991. The Labute approximate surface area is 179 Å². The van der Waals surface area contributed by atoms with Crippen molar-refractivity contribution in [3.8, 4) is 5.75 Å². The summed E-state index contributed by atoms with van der Waals surface area (Å²) in [6, 6.07) is 12.3. The number of hydrogen-bond acceptors (Lipinski definition) is 8. The maximum absolute atomic E-state index is 12.8. The summed E-state index contributed by atoms with van der Waals surface area (Å²) in [4.78, 5) is 39.0. The van der Waals surface area contributed by atoms with Crippen molar-refractivity contribution in [3.63, 3.8) is 0 Å². The first kappa shape index (κ1) is 20.1. The Bertz CT molecular complexity index is 1150. The number of nitrogens with one attached hydrogen (secondary N) is 1. The molecule has 2 aliphatic heterocycles. The summed E-state index contributed by atoms with van der Waals surface area (Å²) < 4.78 is 5.32. The predicted molar refractivity (Wildman–Crippen MR) is 112 cm³/mol. The molecule has 10 heteroatoms. The van der Waals surface area contributed by atoms with Crippen LogP contribution < -0.4 is 9.96 Å². The van der Waals surface area contributed by atoms with Crippen molar-refractivity contribution in [1.82, 2.24) is 4.90 Å². The van der Waals surface area contributed by atoms with Gasteiger partial charge >= 0.3 is 5.97 Å². The Hall–Kier alpha value is -3.15. The van der Waals surface area contributed by atoms with Crippen LogP contribution in [0.15, 0.2) is 65.2 Å². The van der Waals surface area contributed by atoms with Crippen molar-refractivity contribution in [2.45, 2.75) is 0 Å². The third-order valence-corrected chi connectivity index (χ3v) is 5.67. The third-order valence-electron chi connectivity index (χ3n) is 4.34. The van der Waals surface area contributed by atoms with Crippen LogP contribution >= 0.6 is 24.0 Å². The number of thioether (sulfide) groups is 1. The van der Waals surface area contributed by atoms with E-state index in [0.29, 0.717) is 5.56 Å². The van der Waals surface area contributed by atoms with Gasteiger partial charge in [-0.2, -0.15) is 5.23 Å². The van der Waals surface area contributed by atoms with E-state index in [1.165, 1.54) is 24.3 Å². The average Bonchev–Trinajstić information content (AvgIpc) is 2.98. The number of quaternary nitrogens is 1. The van der Waals surface area contributed by atoms with E-state index >= 15 is 0 Å². The zero-order valence-electron chi connectivity index (χ0n) is 15.0. The monoisotopic (exact) mass is 440 g/mol. The van der Waals surface area contributed by atoms with Crippen LogP contribution in [0.4, 0.5) is 5.69 Å². The Morgan fingerprint density at radius 3 is 2.50 bits per heavy atom. The number of amides is 1. The molecule has 4 rings (SSSR count). The third kappa shape index (κ3) is 3.70. The summed E-state index contributed by atoms with van der Waals surface area (Å²) >= 11 is 6.24. The smallest absolute Gasteiger partial charge is 0.349 e. The van der Waals surface area contributed by atoms with Gasteiger partial charge in [0.15, 0.2) is 10.0 Å². The number of esters is 1. The topological polar surface area (TPSA) is 111 Å². The van der Waals surface area contributed by atoms with E-state index in [1.807, 2.05) is 0 Å². The van der Waals surface area contributed by atoms with Crippen molar-refractivity contribution in [3.05, 3.63) is 81.5 Å². The molecule has 0 saturated carbocycles. The number of benzene rings is 2. The second-order valence-corrected chi connectivity index (χ2v) is 7.91. The molecule has 2 heterocycles. The molecule has 0 radical (unpaired) electrons. The second-order valence-electron chi connectivity index (χ2n) is 6.24. The van der Waals surface area contributed by atoms with Crippen molar-refractivity contribution in [1.29, 1.82) is 0 Å². The van der Waals surface area contributed by atoms with Crippen molar-refractivity contribution in [2.75, 3.05) is 0 Å². The summed E-state index contributed by atoms with van der Waals surface area (Å²) in [5.74, 6) is -1.75. The highest BCUT2D eigenvalue weighted by atomic mass is 32.2. The van der Waals surface area contributed by atoms with E-state index in [1.54, 1.807) is 30.3 Å². The molecule has 1 atom stereocenters. The van der Waals surface area contributed by atoms with Crippen LogP contribution in [0.5, 0.6) is 5.75 Å². The number of nitrogens with zero attached hydrogens (tertiary/aromatic N) is 1. The molecule has 2 aromatic rings. The Morgan fingerprint density at radius 2 is 1.80 bits per heavy atom. The van der Waals surface area contributed by atoms with Gasteiger partial charge in [0.2, 0.25) is 5.78 Å². The van der Waals surface area contributed by atoms with Crippen LogP contribution in [0.2, 0.25) is 0 Å². The van der Waals surface area contributed by atoms with Crippen LogP contribution in [-0.2, 0) is 9.59 Å². The number of para-hydroxylation sites is 1. The number of ketones is 1. The molecule has 1 saturated heterocycles. The van der Waals surface area contributed by atoms with Crippen molar-refractivity contribution < 1.29 is 29.6 Å². The standard InChI is InChI=1S/C20H12N2O6S2/c23-17-13-3-1-2-4-15(13)28-19(25)14(17)10-21-18(24)16(30-20(21)29)9-11-5-7-12(8-6-11)22(26)27/h1-10,22,26H/b14-10+,16-9+. The van der Waals surface area contributed by atoms with Gasteiger partial charge < -0.3 is 9.94 Å². The first-order valence-corrected chi connectivity index (χ1v) is 9.76. The molecule has 1 amide bonds. The highest BCUT2D eigenvalue weighted by Crippen LogP contribution is 2.34. The fraction of sp³-hybridized carbons (Fsp3) is 0. The van der Waals surface area contributed by atoms with Crippen LogP contribution in [0.1, 0.15) is 15.9 Å². The van der Waals surface area contributed by atoms with Gasteiger partial charge in [-0.1, -0.05) is 36.1 Å². The zero-order chi connectivity index (χ0) is 21.4. The quantitative estimate of drug-likeness (QED) is 0.186. The second kappa shape index (κ2) is 7.94. The largest absolute Gasteiger partial charge is 0.595 e. The highest BCUT2D eigenvalue weighted by Gasteiger charge is 2.36.